The van der Waals surface area contributed by atoms with Gasteiger partial charge in [-0.1, -0.05) is 39.5 Å². The predicted molar refractivity (Wildman–Crippen MR) is 96.1 cm³/mol. The summed E-state index contributed by atoms with van der Waals surface area (Å²) in [5.74, 6) is 0. The van der Waals surface area contributed by atoms with E-state index in [4.69, 9.17) is 14.4 Å². The van der Waals surface area contributed by atoms with E-state index in [0.29, 0.717) is 6.42 Å². The monoisotopic (exact) mass is 323 g/mol. The maximum Gasteiger partial charge on any atom is 0.287 e. The first-order valence-electron chi connectivity index (χ1n) is 7.89. The molecule has 0 saturated heterocycles. The molecule has 0 aromatic rings. The van der Waals surface area contributed by atoms with Gasteiger partial charge in [0.15, 0.2) is 8.32 Å². The Labute approximate surface area is 138 Å². The zero-order valence-electron chi connectivity index (χ0n) is 15.5. The van der Waals surface area contributed by atoms with Crippen LogP contribution in [-0.4, -0.2) is 20.5 Å². The Kier molecular flexibility index (Phi) is 7.60. The van der Waals surface area contributed by atoms with Gasteiger partial charge < -0.3 is 9.16 Å². The van der Waals surface area contributed by atoms with E-state index in [1.54, 1.807) is 6.26 Å². The molecule has 0 spiro atoms. The lowest BCUT2D eigenvalue weighted by molar-refractivity contribution is 0.107. The fourth-order valence-corrected chi connectivity index (χ4v) is 2.74. The lowest BCUT2D eigenvalue weighted by atomic mass is 9.92. The highest BCUT2D eigenvalue weighted by Crippen LogP contribution is 2.36. The molecule has 4 heteroatoms. The van der Waals surface area contributed by atoms with Crippen LogP contribution in [0, 0.1) is 11.5 Å². The van der Waals surface area contributed by atoms with Crippen LogP contribution in [-0.2, 0) is 9.16 Å². The number of nitriles is 1. The Morgan fingerprint density at radius 2 is 1.68 bits per heavy atom. The van der Waals surface area contributed by atoms with Crippen molar-refractivity contribution in [1.82, 2.24) is 0 Å². The van der Waals surface area contributed by atoms with Crippen molar-refractivity contribution in [3.8, 4) is 6.26 Å². The second-order valence-corrected chi connectivity index (χ2v) is 12.8. The predicted octanol–water partition coefficient (Wildman–Crippen LogP) is 5.57. The standard InChI is InChI=1S/C18H33NO2Si/c1-15(13-16(2)18(6,7)20-14-19)11-10-12-21-22(8,9)17(3,4)5/h1-2,10-13H2,3-9H3. The van der Waals surface area contributed by atoms with Crippen molar-refractivity contribution in [2.45, 2.75) is 77.6 Å². The van der Waals surface area contributed by atoms with Gasteiger partial charge in [-0.15, -0.1) is 0 Å². The molecule has 0 aliphatic heterocycles. The van der Waals surface area contributed by atoms with E-state index >= 15 is 0 Å². The van der Waals surface area contributed by atoms with E-state index in [0.717, 1.165) is 30.6 Å². The van der Waals surface area contributed by atoms with Crippen molar-refractivity contribution in [2.75, 3.05) is 6.61 Å². The highest BCUT2D eigenvalue weighted by molar-refractivity contribution is 6.74. The van der Waals surface area contributed by atoms with E-state index in [1.807, 2.05) is 13.8 Å². The van der Waals surface area contributed by atoms with E-state index < -0.39 is 13.9 Å². The summed E-state index contributed by atoms with van der Waals surface area (Å²) < 4.78 is 11.2. The minimum Gasteiger partial charge on any atom is -0.417 e. The van der Waals surface area contributed by atoms with Crippen LogP contribution in [0.3, 0.4) is 0 Å². The topological polar surface area (TPSA) is 42.2 Å². The summed E-state index contributed by atoms with van der Waals surface area (Å²) in [5, 5.41) is 8.90. The molecule has 0 atom stereocenters. The van der Waals surface area contributed by atoms with Crippen molar-refractivity contribution in [2.24, 2.45) is 0 Å². The molecule has 126 valence electrons. The van der Waals surface area contributed by atoms with Crippen molar-refractivity contribution >= 4 is 8.32 Å². The SMILES string of the molecule is C=C(CCCO[Si](C)(C)C(C)(C)C)CC(=C)C(C)(C)OC#N. The average Bonchev–Trinajstić information content (AvgIpc) is 2.33. The van der Waals surface area contributed by atoms with Crippen LogP contribution in [0.2, 0.25) is 18.1 Å². The number of hydrogen-bond acceptors (Lipinski definition) is 3. The van der Waals surface area contributed by atoms with Gasteiger partial charge in [0.05, 0.1) is 0 Å². The molecule has 0 rings (SSSR count). The molecular formula is C18H33NO2Si. The first kappa shape index (κ1) is 20.9. The van der Waals surface area contributed by atoms with Crippen LogP contribution in [0.5, 0.6) is 0 Å². The number of hydrogen-bond donors (Lipinski definition) is 0. The van der Waals surface area contributed by atoms with Crippen LogP contribution in [0.15, 0.2) is 24.3 Å². The van der Waals surface area contributed by atoms with Gasteiger partial charge >= 0.3 is 0 Å². The zero-order valence-corrected chi connectivity index (χ0v) is 16.5. The fraction of sp³-hybridized carbons (Fsp3) is 0.722. The van der Waals surface area contributed by atoms with E-state index in [2.05, 4.69) is 47.0 Å². The van der Waals surface area contributed by atoms with E-state index in [-0.39, 0.29) is 5.04 Å². The number of rotatable bonds is 9. The van der Waals surface area contributed by atoms with Crippen molar-refractivity contribution in [1.29, 1.82) is 5.26 Å². The van der Waals surface area contributed by atoms with Crippen LogP contribution >= 0.6 is 0 Å². The van der Waals surface area contributed by atoms with Crippen molar-refractivity contribution < 1.29 is 9.16 Å². The van der Waals surface area contributed by atoms with Gasteiger partial charge in [0, 0.05) is 6.61 Å². The highest BCUT2D eigenvalue weighted by atomic mass is 28.4. The average molecular weight is 324 g/mol. The van der Waals surface area contributed by atoms with Crippen LogP contribution in [0.1, 0.15) is 53.9 Å². The van der Waals surface area contributed by atoms with Crippen LogP contribution in [0.4, 0.5) is 0 Å². The minimum absolute atomic E-state index is 0.247. The molecule has 0 saturated carbocycles. The summed E-state index contributed by atoms with van der Waals surface area (Å²) >= 11 is 0. The molecule has 0 aromatic carbocycles. The molecular weight excluding hydrogens is 290 g/mol. The number of nitrogens with zero attached hydrogens (tertiary/aromatic N) is 1. The molecule has 0 fully saturated rings. The van der Waals surface area contributed by atoms with Crippen LogP contribution < -0.4 is 0 Å². The minimum atomic E-state index is -1.65. The Hall–Kier alpha value is -1.05. The third-order valence-corrected chi connectivity index (χ3v) is 9.10. The zero-order chi connectivity index (χ0) is 17.6. The summed E-state index contributed by atoms with van der Waals surface area (Å²) in [6.45, 7) is 23.9. The first-order chi connectivity index (χ1) is 9.83. The molecule has 0 aromatic heterocycles. The lowest BCUT2D eigenvalue weighted by Gasteiger charge is -2.36. The van der Waals surface area contributed by atoms with Gasteiger partial charge in [-0.2, -0.15) is 5.26 Å². The van der Waals surface area contributed by atoms with Crippen molar-refractivity contribution in [3.63, 3.8) is 0 Å². The Morgan fingerprint density at radius 3 is 2.14 bits per heavy atom. The fourth-order valence-electron chi connectivity index (χ4n) is 1.66. The van der Waals surface area contributed by atoms with Gasteiger partial charge in [-0.25, -0.2) is 0 Å². The third kappa shape index (κ3) is 6.80. The third-order valence-electron chi connectivity index (χ3n) is 4.56. The number of allylic oxidation sites excluding steroid dienone is 1. The quantitative estimate of drug-likeness (QED) is 0.241. The lowest BCUT2D eigenvalue weighted by Crippen LogP contribution is -2.40. The van der Waals surface area contributed by atoms with Gasteiger partial charge in [0.25, 0.3) is 6.26 Å². The smallest absolute Gasteiger partial charge is 0.287 e. The summed E-state index contributed by atoms with van der Waals surface area (Å²) in [6, 6.07) is 0. The summed E-state index contributed by atoms with van der Waals surface area (Å²) in [5.41, 5.74) is 1.36. The molecule has 0 radical (unpaired) electrons. The summed E-state index contributed by atoms with van der Waals surface area (Å²) in [4.78, 5) is 0. The Morgan fingerprint density at radius 1 is 1.14 bits per heavy atom. The van der Waals surface area contributed by atoms with Gasteiger partial charge in [-0.05, 0) is 56.8 Å². The molecule has 0 bridgehead atoms. The number of ether oxygens (including phenoxy) is 1. The Bertz CT molecular complexity index is 439. The second-order valence-electron chi connectivity index (χ2n) is 7.95. The molecule has 0 unspecified atom stereocenters. The molecule has 0 aliphatic carbocycles. The Balaban J connectivity index is 4.18. The largest absolute Gasteiger partial charge is 0.417 e. The molecule has 0 amide bonds. The molecule has 3 nitrogen and oxygen atoms in total. The van der Waals surface area contributed by atoms with Crippen molar-refractivity contribution in [3.05, 3.63) is 24.3 Å². The molecule has 0 aliphatic rings. The second kappa shape index (κ2) is 7.98. The molecule has 0 heterocycles. The van der Waals surface area contributed by atoms with E-state index in [9.17, 15) is 0 Å². The maximum absolute atomic E-state index is 8.65. The maximum atomic E-state index is 8.65. The first-order valence-corrected chi connectivity index (χ1v) is 10.8. The summed E-state index contributed by atoms with van der Waals surface area (Å²) in [7, 11) is -1.65. The summed E-state index contributed by atoms with van der Waals surface area (Å²) in [6.07, 6.45) is 4.31. The van der Waals surface area contributed by atoms with Gasteiger partial charge in [0.2, 0.25) is 0 Å². The highest BCUT2D eigenvalue weighted by Gasteiger charge is 2.36. The molecule has 0 N–H and O–H groups in total. The van der Waals surface area contributed by atoms with Gasteiger partial charge in [0.1, 0.15) is 5.60 Å². The van der Waals surface area contributed by atoms with E-state index in [1.165, 1.54) is 0 Å². The van der Waals surface area contributed by atoms with Gasteiger partial charge in [-0.3, -0.25) is 0 Å². The normalized spacial score (nSPS) is 12.6. The molecule has 22 heavy (non-hydrogen) atoms. The van der Waals surface area contributed by atoms with Crippen LogP contribution in [0.25, 0.3) is 0 Å².